The van der Waals surface area contributed by atoms with Gasteiger partial charge in [0, 0.05) is 50.7 Å². The lowest BCUT2D eigenvalue weighted by Crippen LogP contribution is -2.44. The fourth-order valence-electron chi connectivity index (χ4n) is 2.64. The molecule has 126 valence electrons. The Balaban J connectivity index is 1.66. The van der Waals surface area contributed by atoms with Crippen molar-refractivity contribution in [2.24, 2.45) is 7.05 Å². The van der Waals surface area contributed by atoms with Gasteiger partial charge in [-0.25, -0.2) is 4.68 Å². The van der Waals surface area contributed by atoms with E-state index in [1.165, 1.54) is 19.2 Å². The molecule has 2 heterocycles. The number of nitrogens with zero attached hydrogens (tertiary/aromatic N) is 4. The van der Waals surface area contributed by atoms with E-state index in [-0.39, 0.29) is 17.2 Å². The molecule has 1 saturated heterocycles. The number of hydrogen-bond donors (Lipinski definition) is 1. The summed E-state index contributed by atoms with van der Waals surface area (Å²) in [4.78, 5) is 28.2. The number of aromatic nitrogens is 2. The molecule has 1 aromatic carbocycles. The van der Waals surface area contributed by atoms with E-state index < -0.39 is 0 Å². The Morgan fingerprint density at radius 2 is 1.67 bits per heavy atom. The SMILES string of the molecule is CN1CCN(c2ccc(NC(=O)c3ccc(=O)n(C)n3)cc2)CC1. The van der Waals surface area contributed by atoms with Crippen molar-refractivity contribution in [2.45, 2.75) is 0 Å². The second-order valence-corrected chi connectivity index (χ2v) is 5.97. The van der Waals surface area contributed by atoms with Crippen LogP contribution in [0.4, 0.5) is 11.4 Å². The molecule has 0 radical (unpaired) electrons. The van der Waals surface area contributed by atoms with E-state index in [0.717, 1.165) is 36.5 Å². The molecule has 0 bridgehead atoms. The van der Waals surface area contributed by atoms with E-state index in [1.807, 2.05) is 24.3 Å². The molecule has 0 saturated carbocycles. The normalized spacial score (nSPS) is 15.3. The number of benzene rings is 1. The van der Waals surface area contributed by atoms with E-state index in [0.29, 0.717) is 5.69 Å². The summed E-state index contributed by atoms with van der Waals surface area (Å²) in [5.74, 6) is -0.335. The highest BCUT2D eigenvalue weighted by molar-refractivity contribution is 6.02. The highest BCUT2D eigenvalue weighted by atomic mass is 16.2. The highest BCUT2D eigenvalue weighted by Gasteiger charge is 2.14. The van der Waals surface area contributed by atoms with Crippen LogP contribution in [0.15, 0.2) is 41.2 Å². The van der Waals surface area contributed by atoms with Gasteiger partial charge in [-0.3, -0.25) is 9.59 Å². The third-order valence-electron chi connectivity index (χ3n) is 4.19. The number of anilines is 2. The highest BCUT2D eigenvalue weighted by Crippen LogP contribution is 2.19. The number of piperazine rings is 1. The van der Waals surface area contributed by atoms with E-state index in [2.05, 4.69) is 27.3 Å². The van der Waals surface area contributed by atoms with Crippen LogP contribution in [0.3, 0.4) is 0 Å². The minimum Gasteiger partial charge on any atom is -0.369 e. The van der Waals surface area contributed by atoms with Crippen molar-refractivity contribution >= 4 is 17.3 Å². The van der Waals surface area contributed by atoms with Crippen molar-refractivity contribution in [3.05, 3.63) is 52.4 Å². The van der Waals surface area contributed by atoms with E-state index >= 15 is 0 Å². The number of aryl methyl sites for hydroxylation is 1. The van der Waals surface area contributed by atoms with Gasteiger partial charge in [0.2, 0.25) is 0 Å². The van der Waals surface area contributed by atoms with Crippen LogP contribution in [0, 0.1) is 0 Å². The number of carbonyl (C=O) groups excluding carboxylic acids is 1. The van der Waals surface area contributed by atoms with E-state index in [4.69, 9.17) is 0 Å². The van der Waals surface area contributed by atoms with Crippen LogP contribution in [0.5, 0.6) is 0 Å². The van der Waals surface area contributed by atoms with Crippen LogP contribution in [0.2, 0.25) is 0 Å². The molecule has 1 fully saturated rings. The summed E-state index contributed by atoms with van der Waals surface area (Å²) in [5.41, 5.74) is 1.82. The average molecular weight is 327 g/mol. The van der Waals surface area contributed by atoms with Crippen LogP contribution >= 0.6 is 0 Å². The monoisotopic (exact) mass is 327 g/mol. The predicted molar refractivity (Wildman–Crippen MR) is 93.6 cm³/mol. The molecular weight excluding hydrogens is 306 g/mol. The van der Waals surface area contributed by atoms with Gasteiger partial charge in [-0.2, -0.15) is 5.10 Å². The Kier molecular flexibility index (Phi) is 4.61. The minimum atomic E-state index is -0.335. The fourth-order valence-corrected chi connectivity index (χ4v) is 2.64. The minimum absolute atomic E-state index is 0.209. The maximum Gasteiger partial charge on any atom is 0.276 e. The number of rotatable bonds is 3. The van der Waals surface area contributed by atoms with Gasteiger partial charge in [0.05, 0.1) is 0 Å². The van der Waals surface area contributed by atoms with Crippen LogP contribution in [0.25, 0.3) is 0 Å². The zero-order valence-corrected chi connectivity index (χ0v) is 13.9. The average Bonchev–Trinajstić information content (AvgIpc) is 2.59. The van der Waals surface area contributed by atoms with E-state index in [9.17, 15) is 9.59 Å². The molecule has 7 heteroatoms. The van der Waals surface area contributed by atoms with Gasteiger partial charge in [0.25, 0.3) is 11.5 Å². The van der Waals surface area contributed by atoms with Crippen LogP contribution < -0.4 is 15.8 Å². The Morgan fingerprint density at radius 3 is 2.29 bits per heavy atom. The summed E-state index contributed by atoms with van der Waals surface area (Å²) in [5, 5.41) is 6.74. The second kappa shape index (κ2) is 6.84. The van der Waals surface area contributed by atoms with Crippen molar-refractivity contribution in [1.82, 2.24) is 14.7 Å². The quantitative estimate of drug-likeness (QED) is 0.902. The topological polar surface area (TPSA) is 70.5 Å². The maximum absolute atomic E-state index is 12.2. The fraction of sp³-hybridized carbons (Fsp3) is 0.353. The number of nitrogens with one attached hydrogen (secondary N) is 1. The lowest BCUT2D eigenvalue weighted by Gasteiger charge is -2.34. The van der Waals surface area contributed by atoms with Gasteiger partial charge in [-0.1, -0.05) is 0 Å². The Hall–Kier alpha value is -2.67. The van der Waals surface area contributed by atoms with Crippen LogP contribution in [0.1, 0.15) is 10.5 Å². The molecule has 3 rings (SSSR count). The van der Waals surface area contributed by atoms with Crippen molar-refractivity contribution in [2.75, 3.05) is 43.4 Å². The molecule has 0 spiro atoms. The van der Waals surface area contributed by atoms with Gasteiger partial charge < -0.3 is 15.1 Å². The molecule has 24 heavy (non-hydrogen) atoms. The Morgan fingerprint density at radius 1 is 1.00 bits per heavy atom. The number of carbonyl (C=O) groups is 1. The summed E-state index contributed by atoms with van der Waals surface area (Å²) in [6, 6.07) is 10.5. The van der Waals surface area contributed by atoms with Gasteiger partial charge in [-0.05, 0) is 37.4 Å². The first-order valence-corrected chi connectivity index (χ1v) is 7.92. The summed E-state index contributed by atoms with van der Waals surface area (Å²) >= 11 is 0. The van der Waals surface area contributed by atoms with Crippen molar-refractivity contribution in [1.29, 1.82) is 0 Å². The smallest absolute Gasteiger partial charge is 0.276 e. The predicted octanol–water partition coefficient (Wildman–Crippen LogP) is 0.784. The first-order chi connectivity index (χ1) is 11.5. The molecular formula is C17H21N5O2. The number of hydrogen-bond acceptors (Lipinski definition) is 5. The number of likely N-dealkylation sites (N-methyl/N-ethyl adjacent to an activating group) is 1. The molecule has 1 aromatic heterocycles. The third-order valence-corrected chi connectivity index (χ3v) is 4.19. The molecule has 7 nitrogen and oxygen atoms in total. The van der Waals surface area contributed by atoms with Gasteiger partial charge >= 0.3 is 0 Å². The second-order valence-electron chi connectivity index (χ2n) is 5.97. The van der Waals surface area contributed by atoms with Crippen LogP contribution in [-0.2, 0) is 7.05 Å². The lowest BCUT2D eigenvalue weighted by molar-refractivity contribution is 0.102. The third kappa shape index (κ3) is 3.62. The summed E-state index contributed by atoms with van der Waals surface area (Å²) in [7, 11) is 3.65. The number of amides is 1. The zero-order valence-electron chi connectivity index (χ0n) is 13.9. The molecule has 1 N–H and O–H groups in total. The Labute approximate surface area is 140 Å². The lowest BCUT2D eigenvalue weighted by atomic mass is 10.2. The van der Waals surface area contributed by atoms with E-state index in [1.54, 1.807) is 0 Å². The first kappa shape index (κ1) is 16.2. The van der Waals surface area contributed by atoms with Crippen molar-refractivity contribution in [3.8, 4) is 0 Å². The van der Waals surface area contributed by atoms with Crippen molar-refractivity contribution in [3.63, 3.8) is 0 Å². The van der Waals surface area contributed by atoms with Gasteiger partial charge in [-0.15, -0.1) is 0 Å². The van der Waals surface area contributed by atoms with Gasteiger partial charge in [0.15, 0.2) is 0 Å². The molecule has 0 aliphatic carbocycles. The molecule has 0 atom stereocenters. The first-order valence-electron chi connectivity index (χ1n) is 7.92. The maximum atomic E-state index is 12.2. The molecule has 1 aliphatic rings. The van der Waals surface area contributed by atoms with Crippen LogP contribution in [-0.4, -0.2) is 53.8 Å². The van der Waals surface area contributed by atoms with Crippen molar-refractivity contribution < 1.29 is 4.79 Å². The summed E-state index contributed by atoms with van der Waals surface area (Å²) in [6.07, 6.45) is 0. The Bertz CT molecular complexity index is 776. The molecule has 1 aliphatic heterocycles. The largest absolute Gasteiger partial charge is 0.369 e. The van der Waals surface area contributed by atoms with Gasteiger partial charge in [0.1, 0.15) is 5.69 Å². The molecule has 2 aromatic rings. The zero-order chi connectivity index (χ0) is 17.1. The molecule has 0 unspecified atom stereocenters. The summed E-state index contributed by atoms with van der Waals surface area (Å²) in [6.45, 7) is 4.11. The standard InChI is InChI=1S/C17H21N5O2/c1-20-9-11-22(12-10-20)14-5-3-13(4-6-14)18-17(24)15-7-8-16(23)21(2)19-15/h3-8H,9-12H2,1-2H3,(H,18,24). The summed E-state index contributed by atoms with van der Waals surface area (Å²) < 4.78 is 1.14. The molecule has 1 amide bonds.